The highest BCUT2D eigenvalue weighted by Gasteiger charge is 2.16. The van der Waals surface area contributed by atoms with Crippen LogP contribution in [0.1, 0.15) is 15.9 Å². The molecule has 1 heterocycles. The SMILES string of the molecule is O=C(Nc1ccccc1Cl)c1c[nH]c(=O)n(Cc2ccccc2Cl)c1=O. The highest BCUT2D eigenvalue weighted by molar-refractivity contribution is 6.33. The summed E-state index contributed by atoms with van der Waals surface area (Å²) in [6.07, 6.45) is 1.08. The lowest BCUT2D eigenvalue weighted by molar-refractivity contribution is 0.102. The number of carbonyl (C=O) groups is 1. The Bertz CT molecular complexity index is 1090. The molecular formula is C18H13Cl2N3O3. The van der Waals surface area contributed by atoms with Crippen molar-refractivity contribution in [2.45, 2.75) is 6.54 Å². The maximum Gasteiger partial charge on any atom is 0.328 e. The number of hydrogen-bond acceptors (Lipinski definition) is 3. The van der Waals surface area contributed by atoms with Crippen molar-refractivity contribution in [3.8, 4) is 0 Å². The second kappa shape index (κ2) is 7.59. The van der Waals surface area contributed by atoms with Crippen LogP contribution in [0.25, 0.3) is 0 Å². The van der Waals surface area contributed by atoms with E-state index in [-0.39, 0.29) is 12.1 Å². The van der Waals surface area contributed by atoms with Gasteiger partial charge in [0.1, 0.15) is 5.56 Å². The highest BCUT2D eigenvalue weighted by Crippen LogP contribution is 2.20. The second-order valence-corrected chi connectivity index (χ2v) is 6.24. The van der Waals surface area contributed by atoms with Gasteiger partial charge < -0.3 is 10.3 Å². The predicted octanol–water partition coefficient (Wildman–Crippen LogP) is 3.14. The molecule has 8 heteroatoms. The van der Waals surface area contributed by atoms with Crippen molar-refractivity contribution >= 4 is 34.8 Å². The van der Waals surface area contributed by atoms with Gasteiger partial charge in [0.15, 0.2) is 0 Å². The molecular weight excluding hydrogens is 377 g/mol. The number of hydrogen-bond donors (Lipinski definition) is 2. The molecule has 132 valence electrons. The standard InChI is InChI=1S/C18H13Cl2N3O3/c19-13-6-2-1-5-11(13)10-23-17(25)12(9-21-18(23)26)16(24)22-15-8-4-3-7-14(15)20/h1-9H,10H2,(H,21,26)(H,22,24). The third-order valence-corrected chi connectivity index (χ3v) is 4.41. The first kappa shape index (κ1) is 18.0. The van der Waals surface area contributed by atoms with Gasteiger partial charge in [-0.1, -0.05) is 53.5 Å². The molecule has 1 amide bonds. The summed E-state index contributed by atoms with van der Waals surface area (Å²) in [5.41, 5.74) is -0.619. The summed E-state index contributed by atoms with van der Waals surface area (Å²) in [5.74, 6) is -0.674. The van der Waals surface area contributed by atoms with Crippen LogP contribution in [0.5, 0.6) is 0 Å². The molecule has 2 N–H and O–H groups in total. The molecule has 3 rings (SSSR count). The maximum absolute atomic E-state index is 12.6. The van der Waals surface area contributed by atoms with E-state index in [9.17, 15) is 14.4 Å². The Morgan fingerprint density at radius 3 is 2.35 bits per heavy atom. The molecule has 0 unspecified atom stereocenters. The molecule has 0 saturated carbocycles. The summed E-state index contributed by atoms with van der Waals surface area (Å²) in [7, 11) is 0. The van der Waals surface area contributed by atoms with E-state index in [2.05, 4.69) is 10.3 Å². The fourth-order valence-corrected chi connectivity index (χ4v) is 2.75. The van der Waals surface area contributed by atoms with Crippen molar-refractivity contribution in [2.75, 3.05) is 5.32 Å². The van der Waals surface area contributed by atoms with E-state index < -0.39 is 17.2 Å². The lowest BCUT2D eigenvalue weighted by atomic mass is 10.2. The lowest BCUT2D eigenvalue weighted by Gasteiger charge is -2.10. The van der Waals surface area contributed by atoms with Crippen LogP contribution in [0.4, 0.5) is 5.69 Å². The molecule has 0 bridgehead atoms. The number of nitrogens with zero attached hydrogens (tertiary/aromatic N) is 1. The normalized spacial score (nSPS) is 10.5. The predicted molar refractivity (Wildman–Crippen MR) is 101 cm³/mol. The average Bonchev–Trinajstić information content (AvgIpc) is 2.62. The van der Waals surface area contributed by atoms with E-state index in [1.807, 2.05) is 0 Å². The summed E-state index contributed by atoms with van der Waals surface area (Å²) in [4.78, 5) is 39.5. The van der Waals surface area contributed by atoms with Gasteiger partial charge in [-0.25, -0.2) is 4.79 Å². The largest absolute Gasteiger partial charge is 0.328 e. The van der Waals surface area contributed by atoms with Crippen molar-refractivity contribution in [3.05, 3.63) is 96.7 Å². The van der Waals surface area contributed by atoms with Gasteiger partial charge in [-0.05, 0) is 23.8 Å². The minimum atomic E-state index is -0.724. The number of benzene rings is 2. The molecule has 0 fully saturated rings. The Kier molecular flexibility index (Phi) is 5.25. The van der Waals surface area contributed by atoms with E-state index in [0.717, 1.165) is 10.8 Å². The van der Waals surface area contributed by atoms with E-state index >= 15 is 0 Å². The van der Waals surface area contributed by atoms with Crippen LogP contribution in [-0.2, 0) is 6.54 Å². The Labute approximate surface area is 158 Å². The van der Waals surface area contributed by atoms with E-state index in [0.29, 0.717) is 21.3 Å². The minimum Gasteiger partial charge on any atom is -0.320 e. The number of aromatic nitrogens is 2. The molecule has 0 radical (unpaired) electrons. The summed E-state index contributed by atoms with van der Waals surface area (Å²) in [6, 6.07) is 13.5. The Hall–Kier alpha value is -2.83. The number of H-pyrrole nitrogens is 1. The zero-order valence-electron chi connectivity index (χ0n) is 13.3. The van der Waals surface area contributed by atoms with Gasteiger partial charge in [0, 0.05) is 11.2 Å². The number of anilines is 1. The molecule has 3 aromatic rings. The van der Waals surface area contributed by atoms with Gasteiger partial charge in [0.05, 0.1) is 17.3 Å². The molecule has 0 atom stereocenters. The summed E-state index contributed by atoms with van der Waals surface area (Å²) in [6.45, 7) is -0.0545. The summed E-state index contributed by atoms with van der Waals surface area (Å²) in [5, 5.41) is 3.31. The monoisotopic (exact) mass is 389 g/mol. The van der Waals surface area contributed by atoms with Gasteiger partial charge in [-0.15, -0.1) is 0 Å². The first-order chi connectivity index (χ1) is 12.5. The molecule has 0 aliphatic carbocycles. The Balaban J connectivity index is 1.96. The van der Waals surface area contributed by atoms with E-state index in [4.69, 9.17) is 23.2 Å². The molecule has 0 aliphatic rings. The first-order valence-electron chi connectivity index (χ1n) is 7.59. The third kappa shape index (κ3) is 3.71. The van der Waals surface area contributed by atoms with Crippen LogP contribution in [0, 0.1) is 0 Å². The molecule has 1 aromatic heterocycles. The molecule has 2 aromatic carbocycles. The average molecular weight is 390 g/mol. The van der Waals surface area contributed by atoms with Crippen LogP contribution in [0.2, 0.25) is 10.0 Å². The Morgan fingerprint density at radius 1 is 1.00 bits per heavy atom. The number of aromatic amines is 1. The van der Waals surface area contributed by atoms with Gasteiger partial charge >= 0.3 is 5.69 Å². The number of carbonyl (C=O) groups excluding carboxylic acids is 1. The van der Waals surface area contributed by atoms with Gasteiger partial charge in [-0.2, -0.15) is 0 Å². The zero-order valence-corrected chi connectivity index (χ0v) is 14.8. The second-order valence-electron chi connectivity index (χ2n) is 5.42. The van der Waals surface area contributed by atoms with Crippen LogP contribution in [-0.4, -0.2) is 15.5 Å². The number of para-hydroxylation sites is 1. The van der Waals surface area contributed by atoms with Crippen LogP contribution in [0.3, 0.4) is 0 Å². The maximum atomic E-state index is 12.6. The lowest BCUT2D eigenvalue weighted by Crippen LogP contribution is -2.39. The van der Waals surface area contributed by atoms with Crippen molar-refractivity contribution < 1.29 is 4.79 Å². The highest BCUT2D eigenvalue weighted by atomic mass is 35.5. The van der Waals surface area contributed by atoms with Crippen molar-refractivity contribution in [3.63, 3.8) is 0 Å². The van der Waals surface area contributed by atoms with Gasteiger partial charge in [0.25, 0.3) is 11.5 Å². The molecule has 26 heavy (non-hydrogen) atoms. The zero-order chi connectivity index (χ0) is 18.7. The van der Waals surface area contributed by atoms with E-state index in [1.54, 1.807) is 48.5 Å². The van der Waals surface area contributed by atoms with Gasteiger partial charge in [-0.3, -0.25) is 14.2 Å². The quantitative estimate of drug-likeness (QED) is 0.718. The smallest absolute Gasteiger partial charge is 0.320 e. The number of halogens is 2. The molecule has 0 saturated heterocycles. The number of amides is 1. The third-order valence-electron chi connectivity index (χ3n) is 3.71. The van der Waals surface area contributed by atoms with Crippen LogP contribution >= 0.6 is 23.2 Å². The first-order valence-corrected chi connectivity index (χ1v) is 8.35. The van der Waals surface area contributed by atoms with Crippen molar-refractivity contribution in [1.29, 1.82) is 0 Å². The molecule has 0 spiro atoms. The molecule has 6 nitrogen and oxygen atoms in total. The Morgan fingerprint density at radius 2 is 1.65 bits per heavy atom. The fourth-order valence-electron chi connectivity index (χ4n) is 2.37. The summed E-state index contributed by atoms with van der Waals surface area (Å²) < 4.78 is 0.919. The fraction of sp³-hybridized carbons (Fsp3) is 0.0556. The number of nitrogens with one attached hydrogen (secondary N) is 2. The number of rotatable bonds is 4. The topological polar surface area (TPSA) is 84.0 Å². The molecule has 0 aliphatic heterocycles. The van der Waals surface area contributed by atoms with Crippen molar-refractivity contribution in [2.24, 2.45) is 0 Å². The van der Waals surface area contributed by atoms with Crippen LogP contribution in [0.15, 0.2) is 64.3 Å². The summed E-state index contributed by atoms with van der Waals surface area (Å²) >= 11 is 12.1. The van der Waals surface area contributed by atoms with Crippen LogP contribution < -0.4 is 16.6 Å². The van der Waals surface area contributed by atoms with E-state index in [1.165, 1.54) is 0 Å². The van der Waals surface area contributed by atoms with Gasteiger partial charge in [0.2, 0.25) is 0 Å². The van der Waals surface area contributed by atoms with Crippen molar-refractivity contribution in [1.82, 2.24) is 9.55 Å². The minimum absolute atomic E-state index is 0.0545.